The van der Waals surface area contributed by atoms with Crippen molar-refractivity contribution in [3.63, 3.8) is 0 Å². The lowest BCUT2D eigenvalue weighted by molar-refractivity contribution is 0.265. The molecule has 0 saturated carbocycles. The first kappa shape index (κ1) is 19.7. The van der Waals surface area contributed by atoms with Crippen molar-refractivity contribution in [2.24, 2.45) is 0 Å². The molecule has 0 atom stereocenters. The molecule has 0 spiro atoms. The molecule has 1 aromatic heterocycles. The maximum absolute atomic E-state index is 14.6. The highest BCUT2D eigenvalue weighted by molar-refractivity contribution is 6.74. The molecule has 0 unspecified atom stereocenters. The van der Waals surface area contributed by atoms with Crippen LogP contribution in [0.15, 0.2) is 18.2 Å². The Morgan fingerprint density at radius 2 is 1.60 bits per heavy atom. The highest BCUT2D eigenvalue weighted by Crippen LogP contribution is 2.37. The van der Waals surface area contributed by atoms with Crippen molar-refractivity contribution in [2.45, 2.75) is 66.3 Å². The largest absolute Gasteiger partial charge is 0.411 e. The number of halogens is 1. The Balaban J connectivity index is 2.43. The van der Waals surface area contributed by atoms with E-state index in [1.807, 2.05) is 32.0 Å². The fraction of sp³-hybridized carbons (Fsp3) is 0.500. The zero-order chi connectivity index (χ0) is 19.0. The molecule has 1 heterocycles. The smallest absolute Gasteiger partial charge is 0.192 e. The van der Waals surface area contributed by atoms with Gasteiger partial charge in [0, 0.05) is 5.56 Å². The standard InChI is InChI=1S/C20H29FN2OSi/c1-13-10-9-11-14(2)17(13)19-22-15(3)18(21)16(23-19)12-24-25(7,8)20(4,5)6/h9-11H,12H2,1-8H3. The maximum Gasteiger partial charge on any atom is 0.192 e. The molecular weight excluding hydrogens is 331 g/mol. The molecule has 0 bridgehead atoms. The third-order valence-corrected chi connectivity index (χ3v) is 9.64. The minimum Gasteiger partial charge on any atom is -0.411 e. The second-order valence-corrected chi connectivity index (χ2v) is 13.0. The monoisotopic (exact) mass is 360 g/mol. The highest BCUT2D eigenvalue weighted by atomic mass is 28.4. The average Bonchev–Trinajstić information content (AvgIpc) is 2.48. The van der Waals surface area contributed by atoms with Gasteiger partial charge in [-0.3, -0.25) is 0 Å². The molecule has 2 aromatic rings. The Morgan fingerprint density at radius 3 is 2.12 bits per heavy atom. The first-order chi connectivity index (χ1) is 11.4. The van der Waals surface area contributed by atoms with Gasteiger partial charge in [-0.25, -0.2) is 14.4 Å². The van der Waals surface area contributed by atoms with Gasteiger partial charge in [-0.2, -0.15) is 0 Å². The van der Waals surface area contributed by atoms with Crippen LogP contribution in [-0.2, 0) is 11.0 Å². The van der Waals surface area contributed by atoms with Gasteiger partial charge < -0.3 is 4.43 Å². The number of nitrogens with zero attached hydrogens (tertiary/aromatic N) is 2. The van der Waals surface area contributed by atoms with Gasteiger partial charge in [0.2, 0.25) is 0 Å². The SMILES string of the molecule is Cc1cccc(C)c1-c1nc(C)c(F)c(CO[Si](C)(C)C(C)(C)C)n1. The molecule has 0 fully saturated rings. The zero-order valence-electron chi connectivity index (χ0n) is 16.6. The first-order valence-corrected chi connectivity index (χ1v) is 11.6. The lowest BCUT2D eigenvalue weighted by Crippen LogP contribution is -2.40. The third-order valence-electron chi connectivity index (χ3n) is 5.17. The van der Waals surface area contributed by atoms with Gasteiger partial charge in [-0.05, 0) is 50.0 Å². The van der Waals surface area contributed by atoms with Crippen molar-refractivity contribution >= 4 is 8.32 Å². The van der Waals surface area contributed by atoms with E-state index in [9.17, 15) is 4.39 Å². The fourth-order valence-corrected chi connectivity index (χ4v) is 3.39. The molecule has 136 valence electrons. The summed E-state index contributed by atoms with van der Waals surface area (Å²) in [6.45, 7) is 16.7. The van der Waals surface area contributed by atoms with Crippen LogP contribution in [0.5, 0.6) is 0 Å². The lowest BCUT2D eigenvalue weighted by atomic mass is 10.0. The summed E-state index contributed by atoms with van der Waals surface area (Å²) in [7, 11) is -1.97. The Morgan fingerprint density at radius 1 is 1.04 bits per heavy atom. The van der Waals surface area contributed by atoms with Gasteiger partial charge in [0.25, 0.3) is 0 Å². The van der Waals surface area contributed by atoms with E-state index in [1.54, 1.807) is 6.92 Å². The van der Waals surface area contributed by atoms with Crippen molar-refractivity contribution in [1.29, 1.82) is 0 Å². The Labute approximate surface area is 151 Å². The summed E-state index contributed by atoms with van der Waals surface area (Å²) >= 11 is 0. The topological polar surface area (TPSA) is 35.0 Å². The van der Waals surface area contributed by atoms with Crippen molar-refractivity contribution in [2.75, 3.05) is 0 Å². The van der Waals surface area contributed by atoms with Crippen LogP contribution in [-0.4, -0.2) is 18.3 Å². The number of hydrogen-bond donors (Lipinski definition) is 0. The fourth-order valence-electron chi connectivity index (χ4n) is 2.46. The van der Waals surface area contributed by atoms with Crippen LogP contribution in [0.2, 0.25) is 18.1 Å². The van der Waals surface area contributed by atoms with Crippen LogP contribution in [0.25, 0.3) is 11.4 Å². The summed E-state index contributed by atoms with van der Waals surface area (Å²) in [4.78, 5) is 8.91. The molecule has 5 heteroatoms. The summed E-state index contributed by atoms with van der Waals surface area (Å²) in [5.74, 6) is 0.206. The lowest BCUT2D eigenvalue weighted by Gasteiger charge is -2.36. The number of rotatable bonds is 4. The summed E-state index contributed by atoms with van der Waals surface area (Å²) in [5.41, 5.74) is 3.85. The van der Waals surface area contributed by atoms with Crippen molar-refractivity contribution in [3.8, 4) is 11.4 Å². The number of aryl methyl sites for hydroxylation is 3. The molecule has 0 aliphatic carbocycles. The van der Waals surface area contributed by atoms with Gasteiger partial charge in [-0.1, -0.05) is 39.0 Å². The van der Waals surface area contributed by atoms with E-state index in [2.05, 4.69) is 43.8 Å². The van der Waals surface area contributed by atoms with Gasteiger partial charge in [0.05, 0.1) is 12.3 Å². The van der Waals surface area contributed by atoms with Gasteiger partial charge in [0.15, 0.2) is 20.0 Å². The van der Waals surface area contributed by atoms with Crippen molar-refractivity contribution in [1.82, 2.24) is 9.97 Å². The van der Waals surface area contributed by atoms with E-state index in [1.165, 1.54) is 0 Å². The quantitative estimate of drug-likeness (QED) is 0.653. The highest BCUT2D eigenvalue weighted by Gasteiger charge is 2.37. The van der Waals surface area contributed by atoms with E-state index < -0.39 is 8.32 Å². The van der Waals surface area contributed by atoms with Crippen LogP contribution in [0.1, 0.15) is 43.3 Å². The molecule has 0 aliphatic heterocycles. The van der Waals surface area contributed by atoms with Crippen LogP contribution in [0, 0.1) is 26.6 Å². The van der Waals surface area contributed by atoms with E-state index in [0.717, 1.165) is 16.7 Å². The Hall–Kier alpha value is -1.59. The average molecular weight is 361 g/mol. The normalized spacial score (nSPS) is 12.5. The minimum atomic E-state index is -1.97. The number of aromatic nitrogens is 2. The van der Waals surface area contributed by atoms with E-state index in [4.69, 9.17) is 4.43 Å². The molecular formula is C20H29FN2OSi. The van der Waals surface area contributed by atoms with Crippen LogP contribution in [0.4, 0.5) is 4.39 Å². The van der Waals surface area contributed by atoms with Gasteiger partial charge in [0.1, 0.15) is 5.69 Å². The Kier molecular flexibility index (Phi) is 5.49. The molecule has 3 nitrogen and oxygen atoms in total. The van der Waals surface area contributed by atoms with E-state index >= 15 is 0 Å². The predicted octanol–water partition coefficient (Wildman–Crippen LogP) is 5.73. The number of benzene rings is 1. The van der Waals surface area contributed by atoms with Crippen molar-refractivity contribution in [3.05, 3.63) is 46.5 Å². The zero-order valence-corrected chi connectivity index (χ0v) is 17.6. The summed E-state index contributed by atoms with van der Waals surface area (Å²) < 4.78 is 20.8. The minimum absolute atomic E-state index is 0.0704. The molecule has 0 saturated heterocycles. The van der Waals surface area contributed by atoms with E-state index in [-0.39, 0.29) is 17.5 Å². The van der Waals surface area contributed by atoms with Crippen molar-refractivity contribution < 1.29 is 8.82 Å². The third kappa shape index (κ3) is 4.15. The van der Waals surface area contributed by atoms with E-state index in [0.29, 0.717) is 17.2 Å². The van der Waals surface area contributed by atoms with Crippen LogP contribution >= 0.6 is 0 Å². The number of hydrogen-bond acceptors (Lipinski definition) is 3. The molecule has 0 N–H and O–H groups in total. The maximum atomic E-state index is 14.6. The summed E-state index contributed by atoms with van der Waals surface area (Å²) in [6.07, 6.45) is 0. The van der Waals surface area contributed by atoms with Gasteiger partial charge in [-0.15, -0.1) is 0 Å². The molecule has 2 rings (SSSR count). The summed E-state index contributed by atoms with van der Waals surface area (Å²) in [6, 6.07) is 6.05. The molecule has 0 radical (unpaired) electrons. The Bertz CT molecular complexity index is 762. The molecule has 0 aliphatic rings. The second kappa shape index (κ2) is 6.96. The van der Waals surface area contributed by atoms with Crippen LogP contribution < -0.4 is 0 Å². The first-order valence-electron chi connectivity index (χ1n) is 8.67. The summed E-state index contributed by atoms with van der Waals surface area (Å²) in [5, 5.41) is 0.0704. The molecule has 1 aromatic carbocycles. The molecule has 0 amide bonds. The van der Waals surface area contributed by atoms with Gasteiger partial charge >= 0.3 is 0 Å². The van der Waals surface area contributed by atoms with Crippen LogP contribution in [0.3, 0.4) is 0 Å². The second-order valence-electron chi connectivity index (χ2n) is 8.21. The predicted molar refractivity (Wildman–Crippen MR) is 104 cm³/mol. The molecule has 25 heavy (non-hydrogen) atoms.